The van der Waals surface area contributed by atoms with Crippen molar-refractivity contribution in [3.05, 3.63) is 53.6 Å². The van der Waals surface area contributed by atoms with Crippen molar-refractivity contribution in [3.63, 3.8) is 0 Å². The Kier molecular flexibility index (Phi) is 12.4. The zero-order valence-electron chi connectivity index (χ0n) is 20.0. The van der Waals surface area contributed by atoms with Crippen LogP contribution in [0.5, 0.6) is 17.2 Å². The second-order valence-corrected chi connectivity index (χ2v) is 8.19. The van der Waals surface area contributed by atoms with Crippen LogP contribution in [0.2, 0.25) is 0 Å². The van der Waals surface area contributed by atoms with E-state index in [0.717, 1.165) is 43.4 Å². The highest BCUT2D eigenvalue weighted by atomic mass is 16.5. The molecule has 2 N–H and O–H groups in total. The molecular formula is C27H36O7. The van der Waals surface area contributed by atoms with Crippen molar-refractivity contribution < 1.29 is 34.0 Å². The third-order valence-electron chi connectivity index (χ3n) is 5.50. The van der Waals surface area contributed by atoms with Crippen molar-refractivity contribution in [1.82, 2.24) is 0 Å². The van der Waals surface area contributed by atoms with Crippen LogP contribution < -0.4 is 14.2 Å². The highest BCUT2D eigenvalue weighted by Crippen LogP contribution is 2.30. The molecule has 186 valence electrons. The molecule has 0 amide bonds. The fourth-order valence-electron chi connectivity index (χ4n) is 3.61. The van der Waals surface area contributed by atoms with Crippen LogP contribution in [0, 0.1) is 0 Å². The zero-order valence-corrected chi connectivity index (χ0v) is 20.0. The van der Waals surface area contributed by atoms with Crippen molar-refractivity contribution in [1.29, 1.82) is 0 Å². The Morgan fingerprint density at radius 2 is 1.29 bits per heavy atom. The van der Waals surface area contributed by atoms with E-state index in [-0.39, 0.29) is 12.8 Å². The van der Waals surface area contributed by atoms with Gasteiger partial charge in [-0.05, 0) is 68.4 Å². The van der Waals surface area contributed by atoms with Crippen LogP contribution in [0.3, 0.4) is 0 Å². The molecule has 0 atom stereocenters. The van der Waals surface area contributed by atoms with Crippen LogP contribution in [0.25, 0.3) is 0 Å². The molecule has 0 saturated carbocycles. The van der Waals surface area contributed by atoms with Gasteiger partial charge >= 0.3 is 11.9 Å². The lowest BCUT2D eigenvalue weighted by molar-refractivity contribution is -0.138. The maximum absolute atomic E-state index is 11.1. The summed E-state index contributed by atoms with van der Waals surface area (Å²) in [5.74, 6) is 0.435. The molecule has 7 heteroatoms. The summed E-state index contributed by atoms with van der Waals surface area (Å²) in [5, 5.41) is 17.9. The normalized spacial score (nSPS) is 10.6. The van der Waals surface area contributed by atoms with E-state index >= 15 is 0 Å². The van der Waals surface area contributed by atoms with Gasteiger partial charge in [-0.2, -0.15) is 0 Å². The van der Waals surface area contributed by atoms with E-state index in [0.29, 0.717) is 44.0 Å². The van der Waals surface area contributed by atoms with Crippen molar-refractivity contribution in [2.24, 2.45) is 0 Å². The molecule has 0 spiro atoms. The second kappa shape index (κ2) is 15.6. The van der Waals surface area contributed by atoms with Gasteiger partial charge in [0, 0.05) is 18.4 Å². The molecule has 0 saturated heterocycles. The zero-order chi connectivity index (χ0) is 24.6. The average molecular weight is 473 g/mol. The van der Waals surface area contributed by atoms with E-state index in [2.05, 4.69) is 12.1 Å². The van der Waals surface area contributed by atoms with Gasteiger partial charge in [-0.25, -0.2) is 0 Å². The highest BCUT2D eigenvalue weighted by Gasteiger charge is 2.13. The topological polar surface area (TPSA) is 102 Å². The number of carboxylic acids is 2. The molecule has 0 aliphatic carbocycles. The van der Waals surface area contributed by atoms with E-state index < -0.39 is 11.9 Å². The summed E-state index contributed by atoms with van der Waals surface area (Å²) in [6, 6.07) is 13.7. The number of hydrogen-bond donors (Lipinski definition) is 2. The number of methoxy groups -OCH3 is 1. The Balaban J connectivity index is 1.77. The summed E-state index contributed by atoms with van der Waals surface area (Å²) in [6.07, 6.45) is 6.80. The Labute approximate surface area is 201 Å². The highest BCUT2D eigenvalue weighted by molar-refractivity contribution is 5.67. The van der Waals surface area contributed by atoms with Gasteiger partial charge in [0.2, 0.25) is 0 Å². The van der Waals surface area contributed by atoms with Gasteiger partial charge in [-0.15, -0.1) is 0 Å². The van der Waals surface area contributed by atoms with Crippen molar-refractivity contribution in [2.45, 2.75) is 64.2 Å². The molecule has 0 aliphatic heterocycles. The molecule has 0 aromatic heterocycles. The molecule has 34 heavy (non-hydrogen) atoms. The minimum Gasteiger partial charge on any atom is -0.497 e. The van der Waals surface area contributed by atoms with Crippen LogP contribution in [-0.2, 0) is 22.4 Å². The van der Waals surface area contributed by atoms with Crippen LogP contribution in [0.1, 0.15) is 62.5 Å². The summed E-state index contributed by atoms with van der Waals surface area (Å²) < 4.78 is 17.0. The number of rotatable bonds is 18. The number of aliphatic carboxylic acids is 2. The summed E-state index contributed by atoms with van der Waals surface area (Å²) in [7, 11) is 1.67. The van der Waals surface area contributed by atoms with Crippen LogP contribution in [0.4, 0.5) is 0 Å². The average Bonchev–Trinajstić information content (AvgIpc) is 2.82. The number of carboxylic acid groups (broad SMARTS) is 2. The smallest absolute Gasteiger partial charge is 0.303 e. The van der Waals surface area contributed by atoms with Gasteiger partial charge in [-0.3, -0.25) is 9.59 Å². The fraction of sp³-hybridized carbons (Fsp3) is 0.481. The number of benzene rings is 2. The minimum absolute atomic E-state index is 0.0128. The third kappa shape index (κ3) is 10.6. The van der Waals surface area contributed by atoms with Crippen molar-refractivity contribution >= 4 is 11.9 Å². The maximum Gasteiger partial charge on any atom is 0.303 e. The summed E-state index contributed by atoms with van der Waals surface area (Å²) in [5.41, 5.74) is 2.06. The SMILES string of the molecule is COc1ccc(CCCCCCOc2cccc(OCCCCC(=O)O)c2CCC(=O)O)cc1. The lowest BCUT2D eigenvalue weighted by Crippen LogP contribution is -2.07. The molecule has 2 aromatic carbocycles. The number of hydrogen-bond acceptors (Lipinski definition) is 5. The largest absolute Gasteiger partial charge is 0.497 e. The number of ether oxygens (including phenoxy) is 3. The first-order valence-electron chi connectivity index (χ1n) is 11.9. The van der Waals surface area contributed by atoms with E-state index in [1.165, 1.54) is 5.56 Å². The Morgan fingerprint density at radius 3 is 1.88 bits per heavy atom. The fourth-order valence-corrected chi connectivity index (χ4v) is 3.61. The molecule has 2 aromatic rings. The molecule has 0 bridgehead atoms. The van der Waals surface area contributed by atoms with Crippen molar-refractivity contribution in [2.75, 3.05) is 20.3 Å². The van der Waals surface area contributed by atoms with Crippen LogP contribution in [-0.4, -0.2) is 42.5 Å². The van der Waals surface area contributed by atoms with Crippen molar-refractivity contribution in [3.8, 4) is 17.2 Å². The number of aryl methyl sites for hydroxylation is 1. The lowest BCUT2D eigenvalue weighted by Gasteiger charge is -2.16. The minimum atomic E-state index is -0.876. The van der Waals surface area contributed by atoms with Gasteiger partial charge in [0.25, 0.3) is 0 Å². The predicted octanol–water partition coefficient (Wildman–Crippen LogP) is 5.53. The molecule has 0 unspecified atom stereocenters. The van der Waals surface area contributed by atoms with Gasteiger partial charge in [-0.1, -0.05) is 31.0 Å². The molecule has 0 radical (unpaired) electrons. The standard InChI is InChI=1S/C27H36O7/c1-32-22-15-13-21(14-16-22)9-4-2-3-6-19-33-24-10-8-11-25(23(24)17-18-27(30)31)34-20-7-5-12-26(28)29/h8,10-11,13-16H,2-7,9,12,17-20H2,1H3,(H,28,29)(H,30,31). The quantitative estimate of drug-likeness (QED) is 0.275. The van der Waals surface area contributed by atoms with Crippen LogP contribution >= 0.6 is 0 Å². The monoisotopic (exact) mass is 472 g/mol. The van der Waals surface area contributed by atoms with Gasteiger partial charge < -0.3 is 24.4 Å². The van der Waals surface area contributed by atoms with Crippen LogP contribution in [0.15, 0.2) is 42.5 Å². The number of unbranched alkanes of at least 4 members (excludes halogenated alkanes) is 4. The Bertz CT molecular complexity index is 877. The van der Waals surface area contributed by atoms with E-state index in [4.69, 9.17) is 24.4 Å². The predicted molar refractivity (Wildman–Crippen MR) is 130 cm³/mol. The molecule has 7 nitrogen and oxygen atoms in total. The molecule has 0 aliphatic rings. The van der Waals surface area contributed by atoms with Gasteiger partial charge in [0.15, 0.2) is 0 Å². The first-order valence-corrected chi connectivity index (χ1v) is 11.9. The summed E-state index contributed by atoms with van der Waals surface area (Å²) in [6.45, 7) is 0.940. The molecular weight excluding hydrogens is 436 g/mol. The van der Waals surface area contributed by atoms with E-state index in [1.807, 2.05) is 24.3 Å². The van der Waals surface area contributed by atoms with E-state index in [9.17, 15) is 9.59 Å². The Hall–Kier alpha value is -3.22. The maximum atomic E-state index is 11.1. The summed E-state index contributed by atoms with van der Waals surface area (Å²) in [4.78, 5) is 21.7. The molecule has 0 heterocycles. The van der Waals surface area contributed by atoms with E-state index in [1.54, 1.807) is 13.2 Å². The van der Waals surface area contributed by atoms with Gasteiger partial charge in [0.1, 0.15) is 17.2 Å². The number of carbonyl (C=O) groups is 2. The third-order valence-corrected chi connectivity index (χ3v) is 5.50. The Morgan fingerprint density at radius 1 is 0.706 bits per heavy atom. The summed E-state index contributed by atoms with van der Waals surface area (Å²) >= 11 is 0. The molecule has 0 fully saturated rings. The van der Waals surface area contributed by atoms with Gasteiger partial charge in [0.05, 0.1) is 20.3 Å². The second-order valence-electron chi connectivity index (χ2n) is 8.19. The first-order chi connectivity index (χ1) is 16.5. The molecule has 2 rings (SSSR count). The first kappa shape index (κ1) is 27.0. The lowest BCUT2D eigenvalue weighted by atomic mass is 10.1.